The van der Waals surface area contributed by atoms with Gasteiger partial charge in [0.25, 0.3) is 0 Å². The van der Waals surface area contributed by atoms with Crippen molar-refractivity contribution < 1.29 is 4.79 Å². The lowest BCUT2D eigenvalue weighted by atomic mass is 10.1. The van der Waals surface area contributed by atoms with Crippen LogP contribution in [0.4, 0.5) is 0 Å². The first-order valence-electron chi connectivity index (χ1n) is 6.52. The largest absolute Gasteiger partial charge is 0.351 e. The van der Waals surface area contributed by atoms with Crippen molar-refractivity contribution >= 4 is 17.5 Å². The van der Waals surface area contributed by atoms with Gasteiger partial charge in [-0.05, 0) is 38.5 Å². The molecule has 0 unspecified atom stereocenters. The van der Waals surface area contributed by atoms with Crippen LogP contribution >= 0.6 is 11.6 Å². The first kappa shape index (κ1) is 16.5. The third kappa shape index (κ3) is 6.05. The lowest BCUT2D eigenvalue weighted by Gasteiger charge is -2.20. The lowest BCUT2D eigenvalue weighted by molar-refractivity contribution is -0.122. The van der Waals surface area contributed by atoms with Crippen LogP contribution in [-0.4, -0.2) is 18.0 Å². The van der Waals surface area contributed by atoms with Gasteiger partial charge >= 0.3 is 0 Å². The molecule has 1 amide bonds. The van der Waals surface area contributed by atoms with Crippen LogP contribution in [0.5, 0.6) is 0 Å². The molecule has 0 heterocycles. The van der Waals surface area contributed by atoms with Gasteiger partial charge < -0.3 is 10.6 Å². The number of nitrogens with zero attached hydrogens (tertiary/aromatic N) is 1. The molecule has 0 aliphatic carbocycles. The monoisotopic (exact) mass is 293 g/mol. The molecule has 1 aromatic rings. The normalized spacial score (nSPS) is 10.9. The number of hydrogen-bond donors (Lipinski definition) is 2. The topological polar surface area (TPSA) is 64.9 Å². The number of hydrogen-bond acceptors (Lipinski definition) is 3. The second-order valence-electron chi connectivity index (χ2n) is 5.64. The maximum atomic E-state index is 11.6. The third-order valence-corrected chi connectivity index (χ3v) is 2.89. The van der Waals surface area contributed by atoms with E-state index in [2.05, 4.69) is 10.6 Å². The van der Waals surface area contributed by atoms with Crippen LogP contribution in [-0.2, 0) is 11.3 Å². The van der Waals surface area contributed by atoms with Crippen LogP contribution in [0.3, 0.4) is 0 Å². The molecule has 0 aliphatic rings. The lowest BCUT2D eigenvalue weighted by Crippen LogP contribution is -2.41. The highest BCUT2D eigenvalue weighted by molar-refractivity contribution is 6.31. The minimum Gasteiger partial charge on any atom is -0.351 e. The molecular formula is C15H20ClN3O. The summed E-state index contributed by atoms with van der Waals surface area (Å²) in [7, 11) is 0. The zero-order chi connectivity index (χ0) is 15.2. The molecule has 0 atom stereocenters. The van der Waals surface area contributed by atoms with E-state index in [0.29, 0.717) is 30.1 Å². The Hall–Kier alpha value is -1.57. The number of nitrogens with one attached hydrogen (secondary N) is 2. The van der Waals surface area contributed by atoms with Crippen LogP contribution in [0.15, 0.2) is 18.2 Å². The van der Waals surface area contributed by atoms with Crippen LogP contribution < -0.4 is 10.6 Å². The van der Waals surface area contributed by atoms with Crippen molar-refractivity contribution in [2.24, 2.45) is 0 Å². The number of carbonyl (C=O) groups is 1. The van der Waals surface area contributed by atoms with E-state index in [1.807, 2.05) is 32.9 Å². The van der Waals surface area contributed by atoms with Gasteiger partial charge in [-0.15, -0.1) is 0 Å². The standard InChI is InChI=1S/C15H20ClN3O/c1-15(2,3)19-14(20)6-7-18-10-12-5-4-11(9-17)8-13(12)16/h4-5,8,18H,6-7,10H2,1-3H3,(H,19,20). The number of rotatable bonds is 5. The fourth-order valence-electron chi connectivity index (χ4n) is 1.67. The Morgan fingerprint density at radius 2 is 2.10 bits per heavy atom. The Morgan fingerprint density at radius 1 is 1.40 bits per heavy atom. The average molecular weight is 294 g/mol. The van der Waals surface area contributed by atoms with Crippen molar-refractivity contribution in [3.05, 3.63) is 34.3 Å². The van der Waals surface area contributed by atoms with Crippen molar-refractivity contribution in [2.45, 2.75) is 39.3 Å². The average Bonchev–Trinajstić information content (AvgIpc) is 2.33. The van der Waals surface area contributed by atoms with Crippen LogP contribution in [0.2, 0.25) is 5.02 Å². The maximum Gasteiger partial charge on any atom is 0.221 e. The summed E-state index contributed by atoms with van der Waals surface area (Å²) in [6, 6.07) is 7.24. The van der Waals surface area contributed by atoms with Gasteiger partial charge in [-0.1, -0.05) is 17.7 Å². The van der Waals surface area contributed by atoms with Gasteiger partial charge in [0, 0.05) is 30.1 Å². The summed E-state index contributed by atoms with van der Waals surface area (Å²) in [5.74, 6) is 0.0240. The summed E-state index contributed by atoms with van der Waals surface area (Å²) in [6.45, 7) is 7.02. The Bertz CT molecular complexity index is 515. The fraction of sp³-hybridized carbons (Fsp3) is 0.467. The van der Waals surface area contributed by atoms with Crippen molar-refractivity contribution in [3.63, 3.8) is 0 Å². The second-order valence-corrected chi connectivity index (χ2v) is 6.05. The molecule has 0 aromatic heterocycles. The maximum absolute atomic E-state index is 11.6. The molecule has 0 radical (unpaired) electrons. The minimum absolute atomic E-state index is 0.0240. The SMILES string of the molecule is CC(C)(C)NC(=O)CCNCc1ccc(C#N)cc1Cl. The molecule has 108 valence electrons. The molecule has 0 spiro atoms. The molecule has 0 fully saturated rings. The van der Waals surface area contributed by atoms with Gasteiger partial charge in [-0.25, -0.2) is 0 Å². The first-order chi connectivity index (χ1) is 9.31. The van der Waals surface area contributed by atoms with Gasteiger partial charge in [0.15, 0.2) is 0 Å². The molecule has 1 rings (SSSR count). The first-order valence-corrected chi connectivity index (χ1v) is 6.90. The highest BCUT2D eigenvalue weighted by atomic mass is 35.5. The fourth-order valence-corrected chi connectivity index (χ4v) is 1.91. The van der Waals surface area contributed by atoms with E-state index < -0.39 is 0 Å². The summed E-state index contributed by atoms with van der Waals surface area (Å²) in [5, 5.41) is 15.4. The molecule has 5 heteroatoms. The van der Waals surface area contributed by atoms with E-state index in [0.717, 1.165) is 5.56 Å². The van der Waals surface area contributed by atoms with Crippen LogP contribution in [0.1, 0.15) is 38.3 Å². The quantitative estimate of drug-likeness (QED) is 0.820. The molecule has 20 heavy (non-hydrogen) atoms. The summed E-state index contributed by atoms with van der Waals surface area (Å²) in [6.07, 6.45) is 0.422. The smallest absolute Gasteiger partial charge is 0.221 e. The van der Waals surface area contributed by atoms with Crippen LogP contribution in [0, 0.1) is 11.3 Å². The Morgan fingerprint density at radius 3 is 2.65 bits per heavy atom. The van der Waals surface area contributed by atoms with E-state index in [9.17, 15) is 4.79 Å². The Kier molecular flexibility index (Phi) is 6.00. The number of halogens is 1. The summed E-state index contributed by atoms with van der Waals surface area (Å²) >= 11 is 6.07. The van der Waals surface area contributed by atoms with Gasteiger partial charge in [0.2, 0.25) is 5.91 Å². The molecule has 0 saturated heterocycles. The number of nitriles is 1. The number of carbonyl (C=O) groups excluding carboxylic acids is 1. The van der Waals surface area contributed by atoms with Crippen molar-refractivity contribution in [1.29, 1.82) is 5.26 Å². The summed E-state index contributed by atoms with van der Waals surface area (Å²) < 4.78 is 0. The van der Waals surface area contributed by atoms with Crippen molar-refractivity contribution in [2.75, 3.05) is 6.54 Å². The van der Waals surface area contributed by atoms with E-state index >= 15 is 0 Å². The van der Waals surface area contributed by atoms with Gasteiger partial charge in [0.05, 0.1) is 11.6 Å². The molecule has 0 saturated carbocycles. The zero-order valence-electron chi connectivity index (χ0n) is 12.1. The molecule has 0 bridgehead atoms. The van der Waals surface area contributed by atoms with Crippen LogP contribution in [0.25, 0.3) is 0 Å². The van der Waals surface area contributed by atoms with E-state index in [1.165, 1.54) is 0 Å². The summed E-state index contributed by atoms with van der Waals surface area (Å²) in [5.41, 5.74) is 1.26. The van der Waals surface area contributed by atoms with Crippen molar-refractivity contribution in [3.8, 4) is 6.07 Å². The molecule has 4 nitrogen and oxygen atoms in total. The molecule has 1 aromatic carbocycles. The Balaban J connectivity index is 2.35. The Labute approximate surface area is 125 Å². The number of benzene rings is 1. The minimum atomic E-state index is -0.201. The molecule has 2 N–H and O–H groups in total. The number of amides is 1. The zero-order valence-corrected chi connectivity index (χ0v) is 12.8. The third-order valence-electron chi connectivity index (χ3n) is 2.54. The van der Waals surface area contributed by atoms with Crippen molar-refractivity contribution in [1.82, 2.24) is 10.6 Å². The highest BCUT2D eigenvalue weighted by Crippen LogP contribution is 2.17. The van der Waals surface area contributed by atoms with Gasteiger partial charge in [-0.3, -0.25) is 4.79 Å². The molecular weight excluding hydrogens is 274 g/mol. The van der Waals surface area contributed by atoms with E-state index in [4.69, 9.17) is 16.9 Å². The van der Waals surface area contributed by atoms with Gasteiger partial charge in [0.1, 0.15) is 0 Å². The van der Waals surface area contributed by atoms with Gasteiger partial charge in [-0.2, -0.15) is 5.26 Å². The predicted octanol–water partition coefficient (Wildman–Crippen LogP) is 2.61. The highest BCUT2D eigenvalue weighted by Gasteiger charge is 2.12. The van der Waals surface area contributed by atoms with E-state index in [1.54, 1.807) is 12.1 Å². The van der Waals surface area contributed by atoms with E-state index in [-0.39, 0.29) is 11.4 Å². The second kappa shape index (κ2) is 7.28. The predicted molar refractivity (Wildman–Crippen MR) is 80.4 cm³/mol. The molecule has 0 aliphatic heterocycles. The summed E-state index contributed by atoms with van der Waals surface area (Å²) in [4.78, 5) is 11.6.